The molecule has 2 N–H and O–H groups in total. The fourth-order valence-corrected chi connectivity index (χ4v) is 1.94. The number of rotatable bonds is 5. The van der Waals surface area contributed by atoms with Gasteiger partial charge in [0, 0.05) is 50.9 Å². The number of hydrogen-bond donors (Lipinski definition) is 2. The Morgan fingerprint density at radius 2 is 1.90 bits per heavy atom. The number of anilines is 2. The van der Waals surface area contributed by atoms with Crippen LogP contribution < -0.4 is 10.6 Å². The molecule has 6 nitrogen and oxygen atoms in total. The van der Waals surface area contributed by atoms with Gasteiger partial charge in [-0.05, 0) is 0 Å². The molecular weight excluding hydrogens is 264 g/mol. The van der Waals surface area contributed by atoms with Gasteiger partial charge >= 0.3 is 0 Å². The average molecular weight is 288 g/mol. The molecule has 0 atom stereocenters. The Bertz CT molecular complexity index is 596. The zero-order chi connectivity index (χ0) is 15.5. The Hall–Kier alpha value is -2.11. The van der Waals surface area contributed by atoms with Gasteiger partial charge in [-0.3, -0.25) is 0 Å². The van der Waals surface area contributed by atoms with Crippen LogP contribution in [0.5, 0.6) is 0 Å². The Morgan fingerprint density at radius 1 is 1.19 bits per heavy atom. The van der Waals surface area contributed by atoms with Crippen molar-refractivity contribution in [3.63, 3.8) is 0 Å². The molecule has 0 saturated heterocycles. The van der Waals surface area contributed by atoms with Crippen molar-refractivity contribution >= 4 is 11.6 Å². The molecule has 0 radical (unpaired) electrons. The molecule has 0 fully saturated rings. The zero-order valence-electron chi connectivity index (χ0n) is 13.4. The van der Waals surface area contributed by atoms with Crippen LogP contribution >= 0.6 is 0 Å². The SMILES string of the molecule is CNc1cc(NCCc2nccn2C)nc(C(C)(C)C)n1. The van der Waals surface area contributed by atoms with Gasteiger partial charge in [0.2, 0.25) is 0 Å². The predicted molar refractivity (Wildman–Crippen MR) is 85.7 cm³/mol. The molecule has 2 rings (SSSR count). The van der Waals surface area contributed by atoms with E-state index in [4.69, 9.17) is 0 Å². The highest BCUT2D eigenvalue weighted by atomic mass is 15.1. The molecule has 0 aromatic carbocycles. The van der Waals surface area contributed by atoms with Gasteiger partial charge in [-0.1, -0.05) is 20.8 Å². The number of nitrogens with one attached hydrogen (secondary N) is 2. The molecule has 0 amide bonds. The molecule has 0 saturated carbocycles. The van der Waals surface area contributed by atoms with E-state index in [1.165, 1.54) is 0 Å². The second-order valence-corrected chi connectivity index (χ2v) is 6.09. The van der Waals surface area contributed by atoms with Crippen molar-refractivity contribution < 1.29 is 0 Å². The maximum atomic E-state index is 4.60. The first-order chi connectivity index (χ1) is 9.90. The van der Waals surface area contributed by atoms with E-state index in [1.54, 1.807) is 0 Å². The van der Waals surface area contributed by atoms with E-state index in [0.717, 1.165) is 36.3 Å². The lowest BCUT2D eigenvalue weighted by Crippen LogP contribution is -2.19. The molecule has 2 heterocycles. The molecule has 2 aromatic rings. The summed E-state index contributed by atoms with van der Waals surface area (Å²) >= 11 is 0. The van der Waals surface area contributed by atoms with Crippen molar-refractivity contribution in [3.05, 3.63) is 30.1 Å². The highest BCUT2D eigenvalue weighted by Crippen LogP contribution is 2.22. The Balaban J connectivity index is 2.07. The lowest BCUT2D eigenvalue weighted by molar-refractivity contribution is 0.546. The van der Waals surface area contributed by atoms with Gasteiger partial charge in [0.15, 0.2) is 0 Å². The molecule has 114 valence electrons. The smallest absolute Gasteiger partial charge is 0.138 e. The van der Waals surface area contributed by atoms with Crippen molar-refractivity contribution in [2.75, 3.05) is 24.2 Å². The number of nitrogens with zero attached hydrogens (tertiary/aromatic N) is 4. The van der Waals surface area contributed by atoms with Crippen LogP contribution in [0.4, 0.5) is 11.6 Å². The van der Waals surface area contributed by atoms with Crippen LogP contribution in [0.2, 0.25) is 0 Å². The maximum absolute atomic E-state index is 4.60. The van der Waals surface area contributed by atoms with Crippen molar-refractivity contribution in [1.29, 1.82) is 0 Å². The van der Waals surface area contributed by atoms with Gasteiger partial charge in [-0.25, -0.2) is 15.0 Å². The Kier molecular flexibility index (Phi) is 4.45. The Morgan fingerprint density at radius 3 is 2.48 bits per heavy atom. The van der Waals surface area contributed by atoms with Crippen molar-refractivity contribution in [2.24, 2.45) is 7.05 Å². The van der Waals surface area contributed by atoms with Crippen LogP contribution in [0.3, 0.4) is 0 Å². The first-order valence-electron chi connectivity index (χ1n) is 7.17. The monoisotopic (exact) mass is 288 g/mol. The van der Waals surface area contributed by atoms with E-state index in [9.17, 15) is 0 Å². The van der Waals surface area contributed by atoms with Crippen LogP contribution in [0.15, 0.2) is 18.5 Å². The first kappa shape index (κ1) is 15.3. The minimum Gasteiger partial charge on any atom is -0.373 e. The average Bonchev–Trinajstić information content (AvgIpc) is 2.83. The highest BCUT2D eigenvalue weighted by molar-refractivity contribution is 5.47. The lowest BCUT2D eigenvalue weighted by atomic mass is 9.96. The van der Waals surface area contributed by atoms with Gasteiger partial charge in [-0.15, -0.1) is 0 Å². The van der Waals surface area contributed by atoms with Crippen LogP contribution in [0.25, 0.3) is 0 Å². The zero-order valence-corrected chi connectivity index (χ0v) is 13.4. The number of aryl methyl sites for hydroxylation is 1. The molecule has 0 aliphatic rings. The summed E-state index contributed by atoms with van der Waals surface area (Å²) in [6.07, 6.45) is 4.63. The first-order valence-corrected chi connectivity index (χ1v) is 7.17. The third-order valence-electron chi connectivity index (χ3n) is 3.23. The van der Waals surface area contributed by atoms with E-state index in [0.29, 0.717) is 0 Å². The summed E-state index contributed by atoms with van der Waals surface area (Å²) in [6, 6.07) is 1.92. The maximum Gasteiger partial charge on any atom is 0.138 e. The van der Waals surface area contributed by atoms with E-state index < -0.39 is 0 Å². The molecule has 0 aliphatic carbocycles. The minimum absolute atomic E-state index is 0.0804. The van der Waals surface area contributed by atoms with Gasteiger partial charge in [0.25, 0.3) is 0 Å². The van der Waals surface area contributed by atoms with Gasteiger partial charge in [0.1, 0.15) is 23.3 Å². The summed E-state index contributed by atoms with van der Waals surface area (Å²) < 4.78 is 2.03. The van der Waals surface area contributed by atoms with E-state index in [1.807, 2.05) is 37.1 Å². The third kappa shape index (κ3) is 3.93. The quantitative estimate of drug-likeness (QED) is 0.883. The van der Waals surface area contributed by atoms with Gasteiger partial charge in [-0.2, -0.15) is 0 Å². The summed E-state index contributed by atoms with van der Waals surface area (Å²) in [5, 5.41) is 6.44. The summed E-state index contributed by atoms with van der Waals surface area (Å²) in [7, 11) is 3.87. The second-order valence-electron chi connectivity index (χ2n) is 6.09. The van der Waals surface area contributed by atoms with E-state index in [-0.39, 0.29) is 5.41 Å². The third-order valence-corrected chi connectivity index (χ3v) is 3.23. The summed E-state index contributed by atoms with van der Waals surface area (Å²) in [5.41, 5.74) is -0.0804. The fraction of sp³-hybridized carbons (Fsp3) is 0.533. The number of aromatic nitrogens is 4. The van der Waals surface area contributed by atoms with Crippen LogP contribution in [-0.4, -0.2) is 33.1 Å². The molecule has 21 heavy (non-hydrogen) atoms. The molecule has 0 spiro atoms. The van der Waals surface area contributed by atoms with Crippen LogP contribution in [0.1, 0.15) is 32.4 Å². The van der Waals surface area contributed by atoms with E-state index >= 15 is 0 Å². The predicted octanol–water partition coefficient (Wildman–Crippen LogP) is 2.20. The summed E-state index contributed by atoms with van der Waals surface area (Å²) in [4.78, 5) is 13.4. The number of hydrogen-bond acceptors (Lipinski definition) is 5. The van der Waals surface area contributed by atoms with Gasteiger partial charge < -0.3 is 15.2 Å². The Labute approximate surface area is 126 Å². The van der Waals surface area contributed by atoms with E-state index in [2.05, 4.69) is 46.4 Å². The van der Waals surface area contributed by atoms with Crippen molar-refractivity contribution in [3.8, 4) is 0 Å². The molecule has 0 unspecified atom stereocenters. The summed E-state index contributed by atoms with van der Waals surface area (Å²) in [5.74, 6) is 3.55. The van der Waals surface area contributed by atoms with Crippen molar-refractivity contribution in [2.45, 2.75) is 32.6 Å². The highest BCUT2D eigenvalue weighted by Gasteiger charge is 2.18. The second kappa shape index (κ2) is 6.11. The normalized spacial score (nSPS) is 11.5. The molecule has 0 aliphatic heterocycles. The lowest BCUT2D eigenvalue weighted by Gasteiger charge is -2.18. The summed E-state index contributed by atoms with van der Waals surface area (Å²) in [6.45, 7) is 7.12. The molecule has 2 aromatic heterocycles. The fourth-order valence-electron chi connectivity index (χ4n) is 1.94. The standard InChI is InChI=1S/C15H24N6/c1-15(2,3)14-19-11(16-4)10-12(20-14)17-7-6-13-18-8-9-21(13)5/h8-10H,6-7H2,1-5H3,(H2,16,17,19,20). The van der Waals surface area contributed by atoms with Crippen LogP contribution in [-0.2, 0) is 18.9 Å². The number of imidazole rings is 1. The van der Waals surface area contributed by atoms with Gasteiger partial charge in [0.05, 0.1) is 0 Å². The molecule has 6 heteroatoms. The molecule has 0 bridgehead atoms. The van der Waals surface area contributed by atoms with Crippen LogP contribution in [0, 0.1) is 0 Å². The molecular formula is C15H24N6. The minimum atomic E-state index is -0.0804. The largest absolute Gasteiger partial charge is 0.373 e. The topological polar surface area (TPSA) is 67.7 Å². The van der Waals surface area contributed by atoms with Crippen molar-refractivity contribution in [1.82, 2.24) is 19.5 Å².